The lowest BCUT2D eigenvalue weighted by atomic mass is 9.93. The number of aromatic nitrogens is 3. The van der Waals surface area contributed by atoms with Gasteiger partial charge in [0, 0.05) is 49.6 Å². The van der Waals surface area contributed by atoms with Gasteiger partial charge >= 0.3 is 0 Å². The zero-order valence-electron chi connectivity index (χ0n) is 19.1. The van der Waals surface area contributed by atoms with Gasteiger partial charge in [-0.3, -0.25) is 9.69 Å². The fourth-order valence-corrected chi connectivity index (χ4v) is 4.99. The maximum atomic E-state index is 12.6. The third kappa shape index (κ3) is 4.72. The van der Waals surface area contributed by atoms with E-state index in [1.165, 1.54) is 10.1 Å². The molecule has 0 radical (unpaired) electrons. The number of pyridine rings is 1. The first kappa shape index (κ1) is 21.9. The van der Waals surface area contributed by atoms with Crippen LogP contribution in [-0.4, -0.2) is 58.3 Å². The van der Waals surface area contributed by atoms with E-state index >= 15 is 0 Å². The number of unbranched alkanes of at least 4 members (excludes halogenated alkanes) is 1. The van der Waals surface area contributed by atoms with Crippen molar-refractivity contribution >= 4 is 16.7 Å². The molecule has 8 heteroatoms. The number of hydrogen-bond acceptors (Lipinski definition) is 7. The van der Waals surface area contributed by atoms with E-state index in [4.69, 9.17) is 21.5 Å². The molecule has 8 nitrogen and oxygen atoms in total. The quantitative estimate of drug-likeness (QED) is 0.435. The second-order valence-corrected chi connectivity index (χ2v) is 9.28. The van der Waals surface area contributed by atoms with Gasteiger partial charge in [-0.15, -0.1) is 0 Å². The number of hydrogen-bond donors (Lipinski definition) is 2. The topological polar surface area (TPSA) is 106 Å². The van der Waals surface area contributed by atoms with Gasteiger partial charge in [0.25, 0.3) is 5.56 Å². The summed E-state index contributed by atoms with van der Waals surface area (Å²) in [4.78, 5) is 27.0. The van der Waals surface area contributed by atoms with Crippen LogP contribution in [0.15, 0.2) is 41.2 Å². The number of para-hydroxylation sites is 1. The molecule has 0 saturated carbocycles. The average molecular weight is 448 g/mol. The molecule has 1 atom stereocenters. The summed E-state index contributed by atoms with van der Waals surface area (Å²) in [5, 5.41) is 1.18. The Labute approximate surface area is 194 Å². The molecule has 0 bridgehead atoms. The molecule has 2 aromatic heterocycles. The number of anilines is 1. The van der Waals surface area contributed by atoms with Gasteiger partial charge in [-0.2, -0.15) is 0 Å². The molecule has 3 aromatic rings. The van der Waals surface area contributed by atoms with E-state index in [1.54, 1.807) is 0 Å². The van der Waals surface area contributed by atoms with E-state index in [0.717, 1.165) is 81.9 Å². The van der Waals surface area contributed by atoms with Crippen molar-refractivity contribution in [3.8, 4) is 0 Å². The molecule has 1 saturated heterocycles. The summed E-state index contributed by atoms with van der Waals surface area (Å²) in [5.41, 5.74) is 8.55. The lowest BCUT2D eigenvalue weighted by molar-refractivity contribution is 0.252. The molecule has 1 aliphatic heterocycles. The molecule has 5 rings (SSSR count). The third-order valence-electron chi connectivity index (χ3n) is 6.99. The summed E-state index contributed by atoms with van der Waals surface area (Å²) in [6.45, 7) is 5.10. The van der Waals surface area contributed by atoms with E-state index in [2.05, 4.69) is 34.1 Å². The van der Waals surface area contributed by atoms with Crippen LogP contribution in [0.2, 0.25) is 0 Å². The number of benzene rings is 1. The zero-order valence-corrected chi connectivity index (χ0v) is 19.1. The summed E-state index contributed by atoms with van der Waals surface area (Å²) >= 11 is 0. The van der Waals surface area contributed by atoms with Crippen LogP contribution in [0.1, 0.15) is 36.3 Å². The number of aryl methyl sites for hydroxylation is 2. The highest BCUT2D eigenvalue weighted by atomic mass is 16.1. The lowest BCUT2D eigenvalue weighted by Crippen LogP contribution is -2.47. The molecule has 2 aliphatic rings. The highest BCUT2D eigenvalue weighted by molar-refractivity contribution is 5.80. The Balaban J connectivity index is 1.10. The molecular formula is C25H33N7O. The highest BCUT2D eigenvalue weighted by Gasteiger charge is 2.22. The van der Waals surface area contributed by atoms with Gasteiger partial charge in [0.1, 0.15) is 11.6 Å². The summed E-state index contributed by atoms with van der Waals surface area (Å²) in [6, 6.07) is 12.6. The monoisotopic (exact) mass is 447 g/mol. The predicted octanol–water partition coefficient (Wildman–Crippen LogP) is 1.47. The molecular weight excluding hydrogens is 414 g/mol. The van der Waals surface area contributed by atoms with E-state index in [0.29, 0.717) is 17.8 Å². The minimum Gasteiger partial charge on any atom is -0.354 e. The molecule has 174 valence electrons. The van der Waals surface area contributed by atoms with Crippen LogP contribution in [0, 0.1) is 0 Å². The van der Waals surface area contributed by atoms with Crippen LogP contribution in [0.5, 0.6) is 0 Å². The Morgan fingerprint density at radius 1 is 1.00 bits per heavy atom. The molecule has 4 N–H and O–H groups in total. The van der Waals surface area contributed by atoms with Gasteiger partial charge in [-0.25, -0.2) is 14.6 Å². The van der Waals surface area contributed by atoms with Gasteiger partial charge in [0.15, 0.2) is 0 Å². The average Bonchev–Trinajstić information content (AvgIpc) is 2.85. The summed E-state index contributed by atoms with van der Waals surface area (Å²) in [5.74, 6) is 7.82. The highest BCUT2D eigenvalue weighted by Crippen LogP contribution is 2.20. The molecule has 1 unspecified atom stereocenters. The van der Waals surface area contributed by atoms with Crippen molar-refractivity contribution in [1.82, 2.24) is 19.5 Å². The first-order valence-electron chi connectivity index (χ1n) is 12.1. The first-order valence-corrected chi connectivity index (χ1v) is 12.1. The number of rotatable bonds is 6. The summed E-state index contributed by atoms with van der Waals surface area (Å²) in [6.07, 6.45) is 5.00. The minimum atomic E-state index is -0.122. The Kier molecular flexibility index (Phi) is 6.28. The maximum absolute atomic E-state index is 12.6. The van der Waals surface area contributed by atoms with Crippen LogP contribution >= 0.6 is 0 Å². The SMILES string of the molecule is NC1CCc2nc(CCCCN3CCN(c4ccc5ccccc5n4)CC3)n(N)c(=O)c2C1. The van der Waals surface area contributed by atoms with Gasteiger partial charge in [0.05, 0.1) is 11.2 Å². The van der Waals surface area contributed by atoms with Crippen LogP contribution in [-0.2, 0) is 19.3 Å². The van der Waals surface area contributed by atoms with E-state index < -0.39 is 0 Å². The zero-order chi connectivity index (χ0) is 22.8. The second kappa shape index (κ2) is 9.49. The number of nitrogens with zero attached hydrogens (tertiary/aromatic N) is 5. The lowest BCUT2D eigenvalue weighted by Gasteiger charge is -2.35. The molecule has 1 aromatic carbocycles. The van der Waals surface area contributed by atoms with Crippen LogP contribution < -0.4 is 22.0 Å². The molecule has 3 heterocycles. The summed E-state index contributed by atoms with van der Waals surface area (Å²) < 4.78 is 1.24. The minimum absolute atomic E-state index is 0.0373. The Bertz CT molecular complexity index is 1180. The fourth-order valence-electron chi connectivity index (χ4n) is 4.99. The molecule has 0 spiro atoms. The van der Waals surface area contributed by atoms with E-state index in [-0.39, 0.29) is 11.6 Å². The first-order chi connectivity index (χ1) is 16.1. The number of piperazine rings is 1. The van der Waals surface area contributed by atoms with E-state index in [9.17, 15) is 4.79 Å². The predicted molar refractivity (Wildman–Crippen MR) is 132 cm³/mol. The van der Waals surface area contributed by atoms with Crippen molar-refractivity contribution in [2.45, 2.75) is 44.6 Å². The van der Waals surface area contributed by atoms with Gasteiger partial charge in [-0.05, 0) is 56.8 Å². The standard InChI is InChI=1S/C25H33N7O/c26-19-9-10-22-20(17-19)25(33)32(27)24(29-22)7-3-4-12-30-13-15-31(16-14-30)23-11-8-18-5-1-2-6-21(18)28-23/h1-2,5-6,8,11,19H,3-4,7,9-10,12-17,26-27H2. The molecule has 33 heavy (non-hydrogen) atoms. The van der Waals surface area contributed by atoms with Gasteiger partial charge in [0.2, 0.25) is 0 Å². The largest absolute Gasteiger partial charge is 0.354 e. The van der Waals surface area contributed by atoms with Crippen molar-refractivity contribution in [3.05, 3.63) is 63.8 Å². The van der Waals surface area contributed by atoms with Gasteiger partial charge < -0.3 is 16.5 Å². The van der Waals surface area contributed by atoms with Crippen LogP contribution in [0.4, 0.5) is 5.82 Å². The van der Waals surface area contributed by atoms with Gasteiger partial charge in [-0.1, -0.05) is 18.2 Å². The number of nitrogens with two attached hydrogens (primary N) is 2. The summed E-state index contributed by atoms with van der Waals surface area (Å²) in [7, 11) is 0. The number of nitrogen functional groups attached to an aromatic ring is 1. The van der Waals surface area contributed by atoms with Crippen molar-refractivity contribution in [2.24, 2.45) is 5.73 Å². The Hall–Kier alpha value is -2.97. The van der Waals surface area contributed by atoms with Crippen molar-refractivity contribution in [2.75, 3.05) is 43.5 Å². The molecule has 1 fully saturated rings. The fraction of sp³-hybridized carbons (Fsp3) is 0.480. The third-order valence-corrected chi connectivity index (χ3v) is 6.99. The van der Waals surface area contributed by atoms with E-state index in [1.807, 2.05) is 12.1 Å². The Morgan fingerprint density at radius 3 is 2.67 bits per heavy atom. The molecule has 1 aliphatic carbocycles. The van der Waals surface area contributed by atoms with Crippen LogP contribution in [0.25, 0.3) is 10.9 Å². The maximum Gasteiger partial charge on any atom is 0.275 e. The van der Waals surface area contributed by atoms with Crippen LogP contribution in [0.3, 0.4) is 0 Å². The van der Waals surface area contributed by atoms with Crippen molar-refractivity contribution in [3.63, 3.8) is 0 Å². The van der Waals surface area contributed by atoms with Crippen molar-refractivity contribution < 1.29 is 0 Å². The van der Waals surface area contributed by atoms with Crippen molar-refractivity contribution in [1.29, 1.82) is 0 Å². The smallest absolute Gasteiger partial charge is 0.275 e. The second-order valence-electron chi connectivity index (χ2n) is 9.28. The molecule has 0 amide bonds. The normalized spacial score (nSPS) is 19.1. The Morgan fingerprint density at radius 2 is 1.82 bits per heavy atom. The number of fused-ring (bicyclic) bond motifs is 2.